The summed E-state index contributed by atoms with van der Waals surface area (Å²) in [4.78, 5) is 28.8. The minimum atomic E-state index is -0.886. The van der Waals surface area contributed by atoms with Crippen molar-refractivity contribution in [3.8, 4) is 0 Å². The maximum atomic E-state index is 13.8. The molecule has 0 fully saturated rings. The number of furan rings is 1. The van der Waals surface area contributed by atoms with Crippen LogP contribution in [0.25, 0.3) is 11.0 Å². The normalized spacial score (nSPS) is 16.2. The van der Waals surface area contributed by atoms with Gasteiger partial charge in [0.2, 0.25) is 5.78 Å². The number of benzene rings is 3. The minimum Gasteiger partial charge on any atom is -0.503 e. The second-order valence-electron chi connectivity index (χ2n) is 10.2. The summed E-state index contributed by atoms with van der Waals surface area (Å²) in [5, 5.41) is 12.7. The number of hydrogen-bond donors (Lipinski definition) is 1. The van der Waals surface area contributed by atoms with Crippen molar-refractivity contribution in [2.75, 3.05) is 4.90 Å². The predicted molar refractivity (Wildman–Crippen MR) is 147 cm³/mol. The second kappa shape index (κ2) is 9.09. The Morgan fingerprint density at radius 2 is 1.70 bits per heavy atom. The van der Waals surface area contributed by atoms with Crippen molar-refractivity contribution in [3.63, 3.8) is 0 Å². The largest absolute Gasteiger partial charge is 0.503 e. The second-order valence-corrected chi connectivity index (χ2v) is 11.1. The molecule has 0 saturated carbocycles. The zero-order valence-electron chi connectivity index (χ0n) is 20.8. The first kappa shape index (κ1) is 25.1. The van der Waals surface area contributed by atoms with Gasteiger partial charge in [0, 0.05) is 21.1 Å². The Labute approximate surface area is 224 Å². The summed E-state index contributed by atoms with van der Waals surface area (Å²) < 4.78 is 5.81. The highest BCUT2D eigenvalue weighted by molar-refractivity contribution is 6.32. The Bertz CT molecular complexity index is 1590. The van der Waals surface area contributed by atoms with Gasteiger partial charge in [0.15, 0.2) is 11.5 Å². The van der Waals surface area contributed by atoms with Gasteiger partial charge < -0.3 is 9.52 Å². The molecule has 5 nitrogen and oxygen atoms in total. The Balaban J connectivity index is 1.68. The maximum absolute atomic E-state index is 13.8. The average Bonchev–Trinajstić information content (AvgIpc) is 3.38. The van der Waals surface area contributed by atoms with Crippen molar-refractivity contribution in [1.29, 1.82) is 0 Å². The van der Waals surface area contributed by atoms with E-state index in [-0.39, 0.29) is 16.7 Å². The molecule has 37 heavy (non-hydrogen) atoms. The molecule has 4 aromatic rings. The lowest BCUT2D eigenvalue weighted by molar-refractivity contribution is -0.117. The number of Topliss-reactive ketones (excluding diaryl/α,β-unsaturated/α-hetero) is 1. The standard InChI is InChI=1S/C30H25Cl2NO4/c1-16-21(32)6-5-7-22(16)33-26(17-8-10-19(11-9-17)30(2,3)4)25(28(35)29(33)36)27(34)24-15-18-14-20(31)12-13-23(18)37-24/h5-15,26,35H,1-4H3. The fourth-order valence-electron chi connectivity index (χ4n) is 4.68. The molecular formula is C30H25Cl2NO4. The molecule has 0 saturated heterocycles. The number of anilines is 1. The molecule has 1 aromatic heterocycles. The number of aliphatic hydroxyl groups excluding tert-OH is 1. The summed E-state index contributed by atoms with van der Waals surface area (Å²) in [6.45, 7) is 8.12. The van der Waals surface area contributed by atoms with Crippen LogP contribution in [-0.4, -0.2) is 16.8 Å². The Kier molecular flexibility index (Phi) is 6.17. The van der Waals surface area contributed by atoms with E-state index >= 15 is 0 Å². The lowest BCUT2D eigenvalue weighted by atomic mass is 9.85. The molecule has 0 spiro atoms. The van der Waals surface area contributed by atoms with E-state index in [2.05, 4.69) is 20.8 Å². The Morgan fingerprint density at radius 3 is 2.38 bits per heavy atom. The van der Waals surface area contributed by atoms with Crippen LogP contribution in [0.2, 0.25) is 10.0 Å². The fourth-order valence-corrected chi connectivity index (χ4v) is 5.03. The zero-order valence-corrected chi connectivity index (χ0v) is 22.3. The summed E-state index contributed by atoms with van der Waals surface area (Å²) in [6.07, 6.45) is 0. The van der Waals surface area contributed by atoms with Gasteiger partial charge in [0.1, 0.15) is 5.58 Å². The number of amides is 1. The lowest BCUT2D eigenvalue weighted by Gasteiger charge is -2.29. The summed E-state index contributed by atoms with van der Waals surface area (Å²) in [5.41, 5.74) is 3.28. The van der Waals surface area contributed by atoms with Crippen LogP contribution >= 0.6 is 23.2 Å². The van der Waals surface area contributed by atoms with E-state index in [0.29, 0.717) is 37.8 Å². The molecule has 0 bridgehead atoms. The quantitative estimate of drug-likeness (QED) is 0.269. The van der Waals surface area contributed by atoms with E-state index < -0.39 is 23.5 Å². The molecule has 1 amide bonds. The zero-order chi connectivity index (χ0) is 26.6. The number of hydrogen-bond acceptors (Lipinski definition) is 4. The molecule has 1 N–H and O–H groups in total. The van der Waals surface area contributed by atoms with Crippen LogP contribution in [0.15, 0.2) is 82.5 Å². The van der Waals surface area contributed by atoms with E-state index in [9.17, 15) is 14.7 Å². The van der Waals surface area contributed by atoms with Gasteiger partial charge >= 0.3 is 0 Å². The van der Waals surface area contributed by atoms with E-state index in [1.807, 2.05) is 24.3 Å². The summed E-state index contributed by atoms with van der Waals surface area (Å²) in [6, 6.07) is 18.6. The number of aliphatic hydroxyl groups is 1. The summed E-state index contributed by atoms with van der Waals surface area (Å²) >= 11 is 12.5. The van der Waals surface area contributed by atoms with Gasteiger partial charge in [-0.3, -0.25) is 14.5 Å². The fraction of sp³-hybridized carbons (Fsp3) is 0.200. The molecule has 1 atom stereocenters. The Morgan fingerprint density at radius 1 is 1.00 bits per heavy atom. The van der Waals surface area contributed by atoms with Gasteiger partial charge in [-0.25, -0.2) is 0 Å². The first-order chi connectivity index (χ1) is 17.5. The van der Waals surface area contributed by atoms with Crippen molar-refractivity contribution >= 4 is 51.5 Å². The van der Waals surface area contributed by atoms with Crippen LogP contribution in [0.4, 0.5) is 5.69 Å². The average molecular weight is 534 g/mol. The summed E-state index contributed by atoms with van der Waals surface area (Å²) in [7, 11) is 0. The topological polar surface area (TPSA) is 70.8 Å². The number of carbonyl (C=O) groups is 2. The van der Waals surface area contributed by atoms with Gasteiger partial charge in [0.05, 0.1) is 11.6 Å². The monoisotopic (exact) mass is 533 g/mol. The number of halogens is 2. The van der Waals surface area contributed by atoms with Crippen molar-refractivity contribution < 1.29 is 19.1 Å². The van der Waals surface area contributed by atoms with Crippen LogP contribution in [0.3, 0.4) is 0 Å². The van der Waals surface area contributed by atoms with Gasteiger partial charge in [0.25, 0.3) is 5.91 Å². The molecule has 7 heteroatoms. The van der Waals surface area contributed by atoms with Crippen molar-refractivity contribution in [3.05, 3.63) is 111 Å². The number of nitrogens with zero attached hydrogens (tertiary/aromatic N) is 1. The van der Waals surface area contributed by atoms with Crippen LogP contribution in [0.1, 0.15) is 54.1 Å². The van der Waals surface area contributed by atoms with Crippen LogP contribution < -0.4 is 4.90 Å². The van der Waals surface area contributed by atoms with Crippen LogP contribution in [0, 0.1) is 6.92 Å². The number of ketones is 1. The highest BCUT2D eigenvalue weighted by Crippen LogP contribution is 2.44. The van der Waals surface area contributed by atoms with Crippen LogP contribution in [-0.2, 0) is 10.2 Å². The molecule has 0 aliphatic carbocycles. The number of fused-ring (bicyclic) bond motifs is 1. The molecule has 2 heterocycles. The number of carbonyl (C=O) groups excluding carboxylic acids is 2. The van der Waals surface area contributed by atoms with Crippen LogP contribution in [0.5, 0.6) is 0 Å². The molecule has 1 unspecified atom stereocenters. The number of rotatable bonds is 4. The molecule has 1 aliphatic heterocycles. The smallest absolute Gasteiger partial charge is 0.294 e. The SMILES string of the molecule is Cc1c(Cl)cccc1N1C(=O)C(O)=C(C(=O)c2cc3cc(Cl)ccc3o2)C1c1ccc(C(C)(C)C)cc1. The molecule has 0 radical (unpaired) electrons. The third-order valence-electron chi connectivity index (χ3n) is 6.75. The third kappa shape index (κ3) is 4.32. The molecule has 1 aliphatic rings. The van der Waals surface area contributed by atoms with E-state index in [0.717, 1.165) is 5.56 Å². The first-order valence-electron chi connectivity index (χ1n) is 11.8. The minimum absolute atomic E-state index is 0.00703. The molecular weight excluding hydrogens is 509 g/mol. The molecule has 188 valence electrons. The van der Waals surface area contributed by atoms with Crippen molar-refractivity contribution in [1.82, 2.24) is 0 Å². The van der Waals surface area contributed by atoms with Gasteiger partial charge in [-0.15, -0.1) is 0 Å². The predicted octanol–water partition coefficient (Wildman–Crippen LogP) is 8.13. The summed E-state index contributed by atoms with van der Waals surface area (Å²) in [5.74, 6) is -1.87. The molecule has 5 rings (SSSR count). The maximum Gasteiger partial charge on any atom is 0.294 e. The Hall–Kier alpha value is -3.54. The highest BCUT2D eigenvalue weighted by atomic mass is 35.5. The lowest BCUT2D eigenvalue weighted by Crippen LogP contribution is -2.31. The first-order valence-corrected chi connectivity index (χ1v) is 12.6. The van der Waals surface area contributed by atoms with Gasteiger partial charge in [-0.05, 0) is 65.4 Å². The van der Waals surface area contributed by atoms with Crippen molar-refractivity contribution in [2.45, 2.75) is 39.2 Å². The van der Waals surface area contributed by atoms with Gasteiger partial charge in [-0.2, -0.15) is 0 Å². The van der Waals surface area contributed by atoms with E-state index in [4.69, 9.17) is 27.6 Å². The van der Waals surface area contributed by atoms with Gasteiger partial charge in [-0.1, -0.05) is 74.3 Å². The molecule has 3 aromatic carbocycles. The van der Waals surface area contributed by atoms with E-state index in [1.54, 1.807) is 49.4 Å². The third-order valence-corrected chi connectivity index (χ3v) is 7.39. The van der Waals surface area contributed by atoms with E-state index in [1.165, 1.54) is 4.90 Å². The highest BCUT2D eigenvalue weighted by Gasteiger charge is 2.46. The van der Waals surface area contributed by atoms with Crippen molar-refractivity contribution in [2.24, 2.45) is 0 Å².